The molecular formula is C16H24N3O3S+. The number of esters is 1. The molecule has 0 saturated carbocycles. The minimum Gasteiger partial charge on any atom is -0.475 e. The van der Waals surface area contributed by atoms with Gasteiger partial charge in [-0.15, -0.1) is 0 Å². The Morgan fingerprint density at radius 2 is 2.22 bits per heavy atom. The Hall–Kier alpha value is -1.86. The molecule has 7 heteroatoms. The number of benzene rings is 1. The summed E-state index contributed by atoms with van der Waals surface area (Å²) in [6.07, 6.45) is 0.343. The number of para-hydroxylation sites is 2. The minimum atomic E-state index is -0.680. The summed E-state index contributed by atoms with van der Waals surface area (Å²) in [4.78, 5) is 15.1. The van der Waals surface area contributed by atoms with Gasteiger partial charge in [-0.05, 0) is 24.4 Å². The molecule has 0 unspecified atom stereocenters. The van der Waals surface area contributed by atoms with Crippen LogP contribution in [-0.2, 0) is 9.53 Å². The Morgan fingerprint density at radius 3 is 2.91 bits per heavy atom. The Bertz CT molecular complexity index is 565. The summed E-state index contributed by atoms with van der Waals surface area (Å²) in [5.74, 6) is 0.236. The second kappa shape index (κ2) is 8.12. The van der Waals surface area contributed by atoms with Gasteiger partial charge in [0.15, 0.2) is 5.11 Å². The zero-order chi connectivity index (χ0) is 16.8. The van der Waals surface area contributed by atoms with E-state index in [1.54, 1.807) is 0 Å². The monoisotopic (exact) mass is 338 g/mol. The Morgan fingerprint density at radius 1 is 1.48 bits per heavy atom. The first-order valence-electron chi connectivity index (χ1n) is 7.71. The molecule has 0 aliphatic carbocycles. The average molecular weight is 338 g/mol. The number of carbonyl (C=O) groups excluding carboxylic acids is 1. The van der Waals surface area contributed by atoms with Crippen LogP contribution in [0.25, 0.3) is 0 Å². The number of fused-ring (bicyclic) bond motifs is 1. The molecule has 1 aromatic rings. The first-order chi connectivity index (χ1) is 11.0. The highest BCUT2D eigenvalue weighted by Gasteiger charge is 2.32. The quantitative estimate of drug-likeness (QED) is 0.442. The van der Waals surface area contributed by atoms with E-state index in [2.05, 4.69) is 19.4 Å². The number of nitrogens with one attached hydrogen (secondary N) is 2. The highest BCUT2D eigenvalue weighted by atomic mass is 32.1. The Labute approximate surface area is 142 Å². The molecule has 23 heavy (non-hydrogen) atoms. The minimum absolute atomic E-state index is 0.342. The molecule has 1 aliphatic rings. The highest BCUT2D eigenvalue weighted by molar-refractivity contribution is 7.80. The van der Waals surface area contributed by atoms with E-state index in [0.717, 1.165) is 25.2 Å². The van der Waals surface area contributed by atoms with Crippen molar-refractivity contribution in [3.8, 4) is 5.75 Å². The SMILES string of the molecule is COC(=O)[C@@H]1CN(C(=S)NCCC[NH+](C)C)c2ccccc2O1. The van der Waals surface area contributed by atoms with E-state index in [1.165, 1.54) is 12.0 Å². The van der Waals surface area contributed by atoms with Crippen LogP contribution in [0, 0.1) is 0 Å². The van der Waals surface area contributed by atoms with Crippen LogP contribution in [0.4, 0.5) is 5.69 Å². The zero-order valence-electron chi connectivity index (χ0n) is 13.8. The van der Waals surface area contributed by atoms with Gasteiger partial charge in [-0.3, -0.25) is 0 Å². The molecule has 126 valence electrons. The van der Waals surface area contributed by atoms with Gasteiger partial charge < -0.3 is 24.6 Å². The first-order valence-corrected chi connectivity index (χ1v) is 8.11. The van der Waals surface area contributed by atoms with Gasteiger partial charge in [0.1, 0.15) is 5.75 Å². The molecule has 2 rings (SSSR count). The fourth-order valence-corrected chi connectivity index (χ4v) is 2.69. The molecule has 1 heterocycles. The number of ether oxygens (including phenoxy) is 2. The largest absolute Gasteiger partial charge is 0.475 e. The van der Waals surface area contributed by atoms with Gasteiger partial charge in [0, 0.05) is 13.0 Å². The van der Waals surface area contributed by atoms with Crippen molar-refractivity contribution in [3.05, 3.63) is 24.3 Å². The lowest BCUT2D eigenvalue weighted by atomic mass is 10.2. The van der Waals surface area contributed by atoms with Crippen molar-refractivity contribution in [1.82, 2.24) is 5.32 Å². The summed E-state index contributed by atoms with van der Waals surface area (Å²) in [6.45, 7) is 2.21. The van der Waals surface area contributed by atoms with Crippen LogP contribution in [0.3, 0.4) is 0 Å². The van der Waals surface area contributed by atoms with E-state index in [-0.39, 0.29) is 0 Å². The molecule has 1 atom stereocenters. The molecule has 0 saturated heterocycles. The van der Waals surface area contributed by atoms with Crippen LogP contribution in [0.2, 0.25) is 0 Å². The van der Waals surface area contributed by atoms with Crippen LogP contribution in [0.1, 0.15) is 6.42 Å². The van der Waals surface area contributed by atoms with Crippen molar-refractivity contribution < 1.29 is 19.2 Å². The van der Waals surface area contributed by atoms with E-state index in [0.29, 0.717) is 17.4 Å². The molecule has 1 aromatic carbocycles. The molecule has 0 amide bonds. The van der Waals surface area contributed by atoms with E-state index < -0.39 is 12.1 Å². The number of anilines is 1. The maximum atomic E-state index is 11.8. The van der Waals surface area contributed by atoms with Crippen LogP contribution in [-0.4, -0.2) is 58.0 Å². The number of nitrogens with zero attached hydrogens (tertiary/aromatic N) is 1. The van der Waals surface area contributed by atoms with E-state index in [9.17, 15) is 4.79 Å². The lowest BCUT2D eigenvalue weighted by Gasteiger charge is -2.35. The van der Waals surface area contributed by atoms with E-state index in [4.69, 9.17) is 21.7 Å². The summed E-state index contributed by atoms with van der Waals surface area (Å²) in [7, 11) is 5.60. The van der Waals surface area contributed by atoms with Crippen molar-refractivity contribution >= 4 is 29.0 Å². The lowest BCUT2D eigenvalue weighted by molar-refractivity contribution is -0.858. The summed E-state index contributed by atoms with van der Waals surface area (Å²) < 4.78 is 10.5. The third-order valence-electron chi connectivity index (χ3n) is 3.61. The van der Waals surface area contributed by atoms with E-state index in [1.807, 2.05) is 29.2 Å². The fourth-order valence-electron chi connectivity index (χ4n) is 2.41. The van der Waals surface area contributed by atoms with Gasteiger partial charge in [-0.25, -0.2) is 4.79 Å². The van der Waals surface area contributed by atoms with Crippen molar-refractivity contribution in [2.45, 2.75) is 12.5 Å². The second-order valence-electron chi connectivity index (χ2n) is 5.75. The number of methoxy groups -OCH3 is 1. The van der Waals surface area contributed by atoms with Crippen molar-refractivity contribution in [3.63, 3.8) is 0 Å². The van der Waals surface area contributed by atoms with Crippen LogP contribution < -0.4 is 19.9 Å². The predicted molar refractivity (Wildman–Crippen MR) is 93.1 cm³/mol. The molecule has 0 radical (unpaired) electrons. The van der Waals surface area contributed by atoms with Crippen LogP contribution in [0.15, 0.2) is 24.3 Å². The van der Waals surface area contributed by atoms with Crippen LogP contribution >= 0.6 is 12.2 Å². The van der Waals surface area contributed by atoms with Gasteiger partial charge in [0.2, 0.25) is 6.10 Å². The lowest BCUT2D eigenvalue weighted by Crippen LogP contribution is -3.05. The summed E-state index contributed by atoms with van der Waals surface area (Å²) in [5.41, 5.74) is 0.864. The number of rotatable bonds is 5. The molecule has 0 aromatic heterocycles. The van der Waals surface area contributed by atoms with Gasteiger partial charge in [0.25, 0.3) is 0 Å². The molecule has 2 N–H and O–H groups in total. The number of hydrogen-bond acceptors (Lipinski definition) is 4. The fraction of sp³-hybridized carbons (Fsp3) is 0.500. The molecule has 6 nitrogen and oxygen atoms in total. The number of quaternary nitrogens is 1. The van der Waals surface area contributed by atoms with Crippen molar-refractivity contribution in [2.24, 2.45) is 0 Å². The molecule has 1 aliphatic heterocycles. The summed E-state index contributed by atoms with van der Waals surface area (Å²) in [5, 5.41) is 3.86. The standard InChI is InChI=1S/C16H23N3O3S/c1-18(2)10-6-9-17-16(23)19-11-14(15(20)21-3)22-13-8-5-4-7-12(13)19/h4-5,7-8,14H,6,9-11H2,1-3H3,(H,17,23)/p+1/t14-/m0/s1. The summed E-state index contributed by atoms with van der Waals surface area (Å²) >= 11 is 5.51. The molecule has 0 spiro atoms. The molecular weight excluding hydrogens is 314 g/mol. The van der Waals surface area contributed by atoms with E-state index >= 15 is 0 Å². The number of carbonyl (C=O) groups is 1. The first kappa shape index (κ1) is 17.5. The van der Waals surface area contributed by atoms with Crippen molar-refractivity contribution in [2.75, 3.05) is 45.7 Å². The Kier molecular flexibility index (Phi) is 6.18. The van der Waals surface area contributed by atoms with Gasteiger partial charge in [-0.2, -0.15) is 0 Å². The third-order valence-corrected chi connectivity index (χ3v) is 3.98. The predicted octanol–water partition coefficient (Wildman–Crippen LogP) is -0.164. The zero-order valence-corrected chi connectivity index (χ0v) is 14.6. The third kappa shape index (κ3) is 4.56. The number of hydrogen-bond donors (Lipinski definition) is 2. The van der Waals surface area contributed by atoms with Crippen molar-refractivity contribution in [1.29, 1.82) is 0 Å². The maximum absolute atomic E-state index is 11.8. The Balaban J connectivity index is 2.06. The molecule has 0 fully saturated rings. The highest BCUT2D eigenvalue weighted by Crippen LogP contribution is 2.33. The summed E-state index contributed by atoms with van der Waals surface area (Å²) in [6, 6.07) is 7.55. The smallest absolute Gasteiger partial charge is 0.348 e. The normalized spacial score (nSPS) is 16.5. The van der Waals surface area contributed by atoms with Gasteiger partial charge >= 0.3 is 5.97 Å². The average Bonchev–Trinajstić information content (AvgIpc) is 2.56. The van der Waals surface area contributed by atoms with Crippen LogP contribution in [0.5, 0.6) is 5.75 Å². The van der Waals surface area contributed by atoms with Gasteiger partial charge in [-0.1, -0.05) is 12.1 Å². The maximum Gasteiger partial charge on any atom is 0.348 e. The topological polar surface area (TPSA) is 55.2 Å². The molecule has 0 bridgehead atoms. The second-order valence-corrected chi connectivity index (χ2v) is 6.14. The number of thiocarbonyl (C=S) groups is 1. The van der Waals surface area contributed by atoms with Gasteiger partial charge in [0.05, 0.1) is 40.0 Å².